The number of benzene rings is 2. The third-order valence-electron chi connectivity index (χ3n) is 6.67. The van der Waals surface area contributed by atoms with Gasteiger partial charge in [-0.2, -0.15) is 56.2 Å². The van der Waals surface area contributed by atoms with E-state index in [-0.39, 0.29) is 24.0 Å². The van der Waals surface area contributed by atoms with Gasteiger partial charge in [0.15, 0.2) is 0 Å². The van der Waals surface area contributed by atoms with Gasteiger partial charge in [0.1, 0.15) is 0 Å². The van der Waals surface area contributed by atoms with Crippen LogP contribution < -0.4 is 16.4 Å². The van der Waals surface area contributed by atoms with Crippen molar-refractivity contribution in [2.45, 2.75) is 76.8 Å². The molecule has 2 aromatic carbocycles. The van der Waals surface area contributed by atoms with Crippen LogP contribution in [0.25, 0.3) is 0 Å². The van der Waals surface area contributed by atoms with Gasteiger partial charge < -0.3 is 16.4 Å². The van der Waals surface area contributed by atoms with E-state index < -0.39 is 35.2 Å². The second kappa shape index (κ2) is 19.7. The van der Waals surface area contributed by atoms with Crippen molar-refractivity contribution in [3.05, 3.63) is 88.7 Å². The molecular weight excluding hydrogens is 683 g/mol. The normalized spacial score (nSPS) is 12.5. The van der Waals surface area contributed by atoms with Crippen molar-refractivity contribution in [2.24, 2.45) is 0 Å². The van der Waals surface area contributed by atoms with Crippen molar-refractivity contribution in [3.8, 4) is 0 Å². The molecule has 4 rings (SSSR count). The summed E-state index contributed by atoms with van der Waals surface area (Å²) >= 11 is 10.2. The van der Waals surface area contributed by atoms with Crippen LogP contribution in [0.3, 0.4) is 0 Å². The maximum Gasteiger partial charge on any atom is 0.451 e. The van der Waals surface area contributed by atoms with Crippen molar-refractivity contribution >= 4 is 41.0 Å². The molecule has 2 aromatic heterocycles. The number of halogens is 8. The number of nitrogen functional groups attached to an aromatic ring is 1. The van der Waals surface area contributed by atoms with Crippen LogP contribution in [0.5, 0.6) is 0 Å². The Balaban J connectivity index is 0.000000317. The maximum absolute atomic E-state index is 12.7. The van der Waals surface area contributed by atoms with Crippen molar-refractivity contribution in [2.75, 3.05) is 22.8 Å². The molecule has 9 nitrogen and oxygen atoms in total. The summed E-state index contributed by atoms with van der Waals surface area (Å²) in [5.41, 5.74) is 7.67. The number of aryl methyl sites for hydroxylation is 2. The third kappa shape index (κ3) is 14.4. The summed E-state index contributed by atoms with van der Waals surface area (Å²) in [5, 5.41) is 5.34. The molecule has 0 fully saturated rings. The molecule has 2 atom stereocenters. The number of nitrogens with two attached hydrogens (primary N) is 1. The third-order valence-corrected chi connectivity index (χ3v) is 6.84. The van der Waals surface area contributed by atoms with Crippen LogP contribution in [-0.2, 0) is 25.2 Å². The Bertz CT molecular complexity index is 1380. The van der Waals surface area contributed by atoms with Gasteiger partial charge in [-0.25, -0.2) is 0 Å². The predicted octanol–water partition coefficient (Wildman–Crippen LogP) is 8.52. The molecule has 4 aromatic rings. The zero-order valence-electron chi connectivity index (χ0n) is 26.5. The van der Waals surface area contributed by atoms with Crippen LogP contribution in [0.2, 0.25) is 5.28 Å². The van der Waals surface area contributed by atoms with Gasteiger partial charge in [0.25, 0.3) is 0 Å². The Morgan fingerprint density at radius 3 is 1.42 bits per heavy atom. The smallest absolute Gasteiger partial charge is 0.368 e. The standard InChI is InChI=1S/C15H16ClF3N4.C15H18F3N5.CH3Cl/c1-2-11(9-8-10-6-4-3-5-7-10)20-14-22-12(15(17,18)19)21-13(16)23-14;1-2-11(9-8-10-6-4-3-5-7-10)20-14-22-12(15(16,17)18)21-13(19)23-14;1-2/h3-7,11H,2,8-9H2,1H3,(H,20,21,22,23);3-7,11H,2,8-9H2,1H3,(H3,19,20,21,22,23);1H3. The Kier molecular flexibility index (Phi) is 16.5. The molecule has 2 heterocycles. The van der Waals surface area contributed by atoms with Gasteiger partial charge in [-0.15, -0.1) is 11.6 Å². The van der Waals surface area contributed by atoms with E-state index in [1.807, 2.05) is 74.5 Å². The van der Waals surface area contributed by atoms with E-state index in [4.69, 9.17) is 17.3 Å². The van der Waals surface area contributed by atoms with Gasteiger partial charge in [-0.3, -0.25) is 0 Å². The molecule has 2 unspecified atom stereocenters. The van der Waals surface area contributed by atoms with Crippen LogP contribution in [0.4, 0.5) is 44.2 Å². The molecule has 262 valence electrons. The average molecular weight is 721 g/mol. The molecule has 0 radical (unpaired) electrons. The molecule has 0 aliphatic rings. The number of hydrogen-bond donors (Lipinski definition) is 3. The summed E-state index contributed by atoms with van der Waals surface area (Å²) < 4.78 is 76.2. The van der Waals surface area contributed by atoms with Crippen molar-refractivity contribution in [1.29, 1.82) is 0 Å². The van der Waals surface area contributed by atoms with E-state index in [0.29, 0.717) is 0 Å². The lowest BCUT2D eigenvalue weighted by molar-refractivity contribution is -0.145. The van der Waals surface area contributed by atoms with Gasteiger partial charge in [-0.05, 0) is 61.3 Å². The number of anilines is 3. The fourth-order valence-electron chi connectivity index (χ4n) is 4.22. The first-order valence-electron chi connectivity index (χ1n) is 14.8. The number of aromatic nitrogens is 6. The number of hydrogen-bond acceptors (Lipinski definition) is 9. The zero-order chi connectivity index (χ0) is 35.7. The van der Waals surface area contributed by atoms with Crippen LogP contribution in [0, 0.1) is 0 Å². The lowest BCUT2D eigenvalue weighted by atomic mass is 10.0. The first-order chi connectivity index (χ1) is 22.8. The minimum Gasteiger partial charge on any atom is -0.368 e. The second-order valence-corrected chi connectivity index (χ2v) is 10.5. The van der Waals surface area contributed by atoms with Gasteiger partial charge in [0.2, 0.25) is 34.8 Å². The first kappa shape index (κ1) is 40.2. The fraction of sp³-hybridized carbons (Fsp3) is 0.419. The van der Waals surface area contributed by atoms with E-state index in [9.17, 15) is 26.3 Å². The summed E-state index contributed by atoms with van der Waals surface area (Å²) in [6.07, 6.45) is -3.31. The lowest BCUT2D eigenvalue weighted by Gasteiger charge is -2.17. The molecule has 17 heteroatoms. The van der Waals surface area contributed by atoms with Crippen LogP contribution in [-0.4, -0.2) is 48.4 Å². The van der Waals surface area contributed by atoms with Crippen LogP contribution in [0.1, 0.15) is 62.3 Å². The minimum atomic E-state index is -4.66. The Hall–Kier alpha value is -3.98. The van der Waals surface area contributed by atoms with Crippen molar-refractivity contribution in [1.82, 2.24) is 29.9 Å². The molecule has 0 spiro atoms. The molecule has 0 aliphatic heterocycles. The molecular formula is C31H37Cl2F6N9. The maximum atomic E-state index is 12.7. The van der Waals surface area contributed by atoms with Crippen molar-refractivity contribution < 1.29 is 26.3 Å². The predicted molar refractivity (Wildman–Crippen MR) is 176 cm³/mol. The highest BCUT2D eigenvalue weighted by Gasteiger charge is 2.36. The van der Waals surface area contributed by atoms with Crippen LogP contribution >= 0.6 is 23.2 Å². The summed E-state index contributed by atoms with van der Waals surface area (Å²) in [5.74, 6) is -3.34. The molecule has 0 saturated carbocycles. The van der Waals surface area contributed by atoms with Gasteiger partial charge in [0.05, 0.1) is 0 Å². The van der Waals surface area contributed by atoms with Crippen LogP contribution in [0.15, 0.2) is 60.7 Å². The van der Waals surface area contributed by atoms with E-state index in [2.05, 4.69) is 52.1 Å². The largest absolute Gasteiger partial charge is 0.451 e. The zero-order valence-corrected chi connectivity index (χ0v) is 28.0. The quantitative estimate of drug-likeness (QED) is 0.0975. The average Bonchev–Trinajstić information content (AvgIpc) is 3.06. The summed E-state index contributed by atoms with van der Waals surface area (Å²) in [6, 6.07) is 19.6. The summed E-state index contributed by atoms with van der Waals surface area (Å²) in [6.45, 7) is 3.88. The Morgan fingerprint density at radius 2 is 1.02 bits per heavy atom. The Labute approximate surface area is 285 Å². The second-order valence-electron chi connectivity index (χ2n) is 10.1. The first-order valence-corrected chi connectivity index (χ1v) is 16.0. The van der Waals surface area contributed by atoms with Gasteiger partial charge in [-0.1, -0.05) is 74.5 Å². The summed E-state index contributed by atoms with van der Waals surface area (Å²) in [4.78, 5) is 20.5. The van der Waals surface area contributed by atoms with E-state index >= 15 is 0 Å². The SMILES string of the molecule is CCC(CCc1ccccc1)Nc1nc(Cl)nc(C(F)(F)F)n1.CCC(CCc1ccccc1)Nc1nc(N)nc(C(F)(F)F)n1.CCl. The number of alkyl halides is 7. The lowest BCUT2D eigenvalue weighted by Crippen LogP contribution is -2.23. The van der Waals surface area contributed by atoms with E-state index in [1.54, 1.807) is 0 Å². The van der Waals surface area contributed by atoms with E-state index in [0.717, 1.165) is 44.1 Å². The number of nitrogens with one attached hydrogen (secondary N) is 2. The Morgan fingerprint density at radius 1 is 0.625 bits per heavy atom. The number of nitrogens with zero attached hydrogens (tertiary/aromatic N) is 6. The van der Waals surface area contributed by atoms with Gasteiger partial charge >= 0.3 is 12.4 Å². The van der Waals surface area contributed by atoms with E-state index in [1.165, 1.54) is 11.9 Å². The van der Waals surface area contributed by atoms with Gasteiger partial charge in [0, 0.05) is 18.5 Å². The molecule has 0 aliphatic carbocycles. The molecule has 0 bridgehead atoms. The topological polar surface area (TPSA) is 127 Å². The van der Waals surface area contributed by atoms with Crippen molar-refractivity contribution in [3.63, 3.8) is 0 Å². The minimum absolute atomic E-state index is 0.0573. The molecule has 0 amide bonds. The summed E-state index contributed by atoms with van der Waals surface area (Å²) in [7, 11) is 0. The highest BCUT2D eigenvalue weighted by molar-refractivity contribution is 6.28. The molecule has 4 N–H and O–H groups in total. The molecule has 0 saturated heterocycles. The fourth-order valence-corrected chi connectivity index (χ4v) is 4.38. The molecule has 48 heavy (non-hydrogen) atoms. The highest BCUT2D eigenvalue weighted by Crippen LogP contribution is 2.28. The number of rotatable bonds is 12. The highest BCUT2D eigenvalue weighted by atomic mass is 35.5. The monoisotopic (exact) mass is 719 g/mol.